The Hall–Kier alpha value is -2.34. The van der Waals surface area contributed by atoms with Crippen LogP contribution in [0.15, 0.2) is 70.7 Å². The summed E-state index contributed by atoms with van der Waals surface area (Å²) in [7, 11) is 9.05. The first-order valence-electron chi connectivity index (χ1n) is 12.5. The second-order valence-electron chi connectivity index (χ2n) is 10.2. The maximum Gasteiger partial charge on any atom is 0.213 e. The Kier molecular flexibility index (Phi) is 7.97. The third-order valence-corrected chi connectivity index (χ3v) is 7.83. The largest absolute Gasteiger partial charge is 0.335 e. The molecule has 180 valence electrons. The number of fused-ring (bicyclic) bond motifs is 2. The lowest BCUT2D eigenvalue weighted by molar-refractivity contribution is -0.892. The van der Waals surface area contributed by atoms with Crippen LogP contribution in [0.1, 0.15) is 25.3 Å². The standard InChI is InChI=1S/C29H40N4S/c1-6-32-27-15-9-10-16-28(27)34-29(32)23-24-17-20-31(26-14-8-7-13-25(24)26)19-12-22-33(4,5)21-11-18-30(2)3/h7-10,13-17,20,23H,6,11-12,18-19,21-22H2,1-5H3/q+2. The Morgan fingerprint density at radius 1 is 0.971 bits per heavy atom. The van der Waals surface area contributed by atoms with Crippen molar-refractivity contribution in [1.82, 2.24) is 4.90 Å². The molecule has 2 aromatic carbocycles. The summed E-state index contributed by atoms with van der Waals surface area (Å²) in [6.07, 6.45) is 7.07. The van der Waals surface area contributed by atoms with Gasteiger partial charge in [-0.25, -0.2) is 0 Å². The van der Waals surface area contributed by atoms with Crippen molar-refractivity contribution >= 4 is 34.4 Å². The Labute approximate surface area is 210 Å². The molecular formula is C29H40N4S+2. The quantitative estimate of drug-likeness (QED) is 0.284. The first kappa shape index (κ1) is 24.8. The molecular weight excluding hydrogens is 436 g/mol. The Morgan fingerprint density at radius 3 is 2.50 bits per heavy atom. The van der Waals surface area contributed by atoms with Crippen LogP contribution in [-0.2, 0) is 6.54 Å². The number of rotatable bonds is 10. The molecule has 34 heavy (non-hydrogen) atoms. The van der Waals surface area contributed by atoms with Crippen molar-refractivity contribution in [2.75, 3.05) is 59.3 Å². The molecule has 1 aromatic heterocycles. The van der Waals surface area contributed by atoms with Crippen molar-refractivity contribution in [3.63, 3.8) is 0 Å². The van der Waals surface area contributed by atoms with Gasteiger partial charge in [0.15, 0.2) is 12.7 Å². The van der Waals surface area contributed by atoms with Crippen LogP contribution in [0.3, 0.4) is 0 Å². The average Bonchev–Trinajstić information content (AvgIpc) is 3.17. The summed E-state index contributed by atoms with van der Waals surface area (Å²) in [5, 5.41) is 2.63. The van der Waals surface area contributed by atoms with Gasteiger partial charge in [-0.1, -0.05) is 36.0 Å². The third-order valence-electron chi connectivity index (χ3n) is 6.72. The fourth-order valence-electron chi connectivity index (χ4n) is 4.84. The molecule has 0 aliphatic carbocycles. The second kappa shape index (κ2) is 10.9. The van der Waals surface area contributed by atoms with Crippen LogP contribution in [0.2, 0.25) is 0 Å². The van der Waals surface area contributed by atoms with Crippen LogP contribution in [0.25, 0.3) is 17.0 Å². The predicted octanol–water partition coefficient (Wildman–Crippen LogP) is 5.48. The topological polar surface area (TPSA) is 10.4 Å². The van der Waals surface area contributed by atoms with Crippen LogP contribution in [-0.4, -0.2) is 63.8 Å². The molecule has 0 bridgehead atoms. The van der Waals surface area contributed by atoms with Gasteiger partial charge in [0.05, 0.1) is 49.7 Å². The fourth-order valence-corrected chi connectivity index (χ4v) is 6.02. The van der Waals surface area contributed by atoms with E-state index in [1.807, 2.05) is 11.8 Å². The zero-order chi connectivity index (χ0) is 24.1. The molecule has 0 N–H and O–H groups in total. The van der Waals surface area contributed by atoms with E-state index in [-0.39, 0.29) is 0 Å². The molecule has 0 radical (unpaired) electrons. The van der Waals surface area contributed by atoms with Crippen LogP contribution in [0.5, 0.6) is 0 Å². The summed E-state index contributed by atoms with van der Waals surface area (Å²) in [6.45, 7) is 7.84. The van der Waals surface area contributed by atoms with E-state index in [9.17, 15) is 0 Å². The van der Waals surface area contributed by atoms with E-state index in [0.29, 0.717) is 0 Å². The highest BCUT2D eigenvalue weighted by Gasteiger charge is 2.24. The maximum atomic E-state index is 2.44. The van der Waals surface area contributed by atoms with E-state index in [2.05, 4.69) is 116 Å². The van der Waals surface area contributed by atoms with Crippen molar-refractivity contribution in [3.8, 4) is 0 Å². The highest BCUT2D eigenvalue weighted by Crippen LogP contribution is 2.46. The van der Waals surface area contributed by atoms with E-state index in [1.54, 1.807) is 0 Å². The lowest BCUT2D eigenvalue weighted by Gasteiger charge is -2.30. The molecule has 0 fully saturated rings. The van der Waals surface area contributed by atoms with Gasteiger partial charge < -0.3 is 14.3 Å². The Morgan fingerprint density at radius 2 is 1.71 bits per heavy atom. The minimum absolute atomic E-state index is 0.975. The molecule has 5 heteroatoms. The fraction of sp³-hybridized carbons (Fsp3) is 0.414. The third kappa shape index (κ3) is 5.83. The van der Waals surface area contributed by atoms with Gasteiger partial charge in [0, 0.05) is 36.5 Å². The zero-order valence-electron chi connectivity index (χ0n) is 21.5. The summed E-state index contributed by atoms with van der Waals surface area (Å²) in [4.78, 5) is 6.05. The number of aryl methyl sites for hydroxylation is 1. The number of aromatic nitrogens is 1. The number of hydrogen-bond acceptors (Lipinski definition) is 3. The van der Waals surface area contributed by atoms with Gasteiger partial charge in [-0.15, -0.1) is 0 Å². The van der Waals surface area contributed by atoms with Gasteiger partial charge in [-0.05, 0) is 50.9 Å². The van der Waals surface area contributed by atoms with E-state index < -0.39 is 0 Å². The molecule has 0 atom stereocenters. The number of nitrogens with zero attached hydrogens (tertiary/aromatic N) is 4. The van der Waals surface area contributed by atoms with Crippen LogP contribution < -0.4 is 9.47 Å². The number of anilines is 1. The first-order chi connectivity index (χ1) is 16.4. The molecule has 0 spiro atoms. The molecule has 4 rings (SSSR count). The highest BCUT2D eigenvalue weighted by atomic mass is 32.2. The van der Waals surface area contributed by atoms with Crippen LogP contribution in [0, 0.1) is 0 Å². The number of thioether (sulfide) groups is 1. The summed E-state index contributed by atoms with van der Waals surface area (Å²) in [5.74, 6) is 0. The molecule has 4 nitrogen and oxygen atoms in total. The smallest absolute Gasteiger partial charge is 0.213 e. The normalized spacial score (nSPS) is 15.0. The number of benzene rings is 2. The molecule has 1 aliphatic rings. The minimum Gasteiger partial charge on any atom is -0.335 e. The molecule has 0 unspecified atom stereocenters. The second-order valence-corrected chi connectivity index (χ2v) is 11.2. The van der Waals surface area contributed by atoms with E-state index in [1.165, 1.54) is 58.0 Å². The Balaban J connectivity index is 1.51. The van der Waals surface area contributed by atoms with Crippen molar-refractivity contribution in [2.24, 2.45) is 0 Å². The zero-order valence-corrected chi connectivity index (χ0v) is 22.3. The predicted molar refractivity (Wildman–Crippen MR) is 147 cm³/mol. The van der Waals surface area contributed by atoms with Gasteiger partial charge >= 0.3 is 0 Å². The van der Waals surface area contributed by atoms with Gasteiger partial charge in [0.25, 0.3) is 0 Å². The van der Waals surface area contributed by atoms with Gasteiger partial charge in [0.2, 0.25) is 5.52 Å². The lowest BCUT2D eigenvalue weighted by atomic mass is 10.1. The maximum absolute atomic E-state index is 2.44. The van der Waals surface area contributed by atoms with Crippen LogP contribution >= 0.6 is 11.8 Å². The number of hydrogen-bond donors (Lipinski definition) is 0. The summed E-state index contributed by atoms with van der Waals surface area (Å²) >= 11 is 1.88. The van der Waals surface area contributed by atoms with E-state index in [4.69, 9.17) is 0 Å². The summed E-state index contributed by atoms with van der Waals surface area (Å²) in [5.41, 5.74) is 3.93. The van der Waals surface area contributed by atoms with Gasteiger partial charge in [-0.2, -0.15) is 4.57 Å². The van der Waals surface area contributed by atoms with E-state index >= 15 is 0 Å². The molecule has 3 aromatic rings. The monoisotopic (exact) mass is 476 g/mol. The Bertz CT molecular complexity index is 1150. The molecule has 0 saturated carbocycles. The van der Waals surface area contributed by atoms with Crippen molar-refractivity contribution < 1.29 is 9.05 Å². The molecule has 0 amide bonds. The summed E-state index contributed by atoms with van der Waals surface area (Å²) < 4.78 is 3.52. The first-order valence-corrected chi connectivity index (χ1v) is 13.3. The van der Waals surface area contributed by atoms with Crippen molar-refractivity contribution in [3.05, 3.63) is 71.4 Å². The SMILES string of the molecule is CCN1C(=Cc2cc[n+](CCC[N+](C)(C)CCCN(C)C)c3ccccc23)Sc2ccccc21. The van der Waals surface area contributed by atoms with Gasteiger partial charge in [0.1, 0.15) is 0 Å². The van der Waals surface area contributed by atoms with Crippen molar-refractivity contribution in [2.45, 2.75) is 31.2 Å². The molecule has 1 aliphatic heterocycles. The van der Waals surface area contributed by atoms with Crippen LogP contribution in [0.4, 0.5) is 5.69 Å². The number of para-hydroxylation sites is 2. The van der Waals surface area contributed by atoms with Crippen molar-refractivity contribution in [1.29, 1.82) is 0 Å². The highest BCUT2D eigenvalue weighted by molar-refractivity contribution is 8.03. The van der Waals surface area contributed by atoms with Gasteiger partial charge in [-0.3, -0.25) is 0 Å². The number of quaternary nitrogens is 1. The lowest BCUT2D eigenvalue weighted by Crippen LogP contribution is -2.44. The number of pyridine rings is 1. The van der Waals surface area contributed by atoms with E-state index in [0.717, 1.165) is 24.1 Å². The average molecular weight is 477 g/mol. The minimum atomic E-state index is 0.975. The summed E-state index contributed by atoms with van der Waals surface area (Å²) in [6, 6.07) is 19.9. The molecule has 0 saturated heterocycles. The molecule has 2 heterocycles.